The normalized spacial score (nSPS) is 10.3. The number of amides is 3. The number of urea groups is 1. The lowest BCUT2D eigenvalue weighted by Gasteiger charge is -2.06. The van der Waals surface area contributed by atoms with E-state index in [1.165, 1.54) is 13.3 Å². The molecule has 2 heterocycles. The van der Waals surface area contributed by atoms with Gasteiger partial charge in [-0.15, -0.1) is 0 Å². The lowest BCUT2D eigenvalue weighted by atomic mass is 10.2. The summed E-state index contributed by atoms with van der Waals surface area (Å²) in [5.41, 5.74) is 5.80. The maximum atomic E-state index is 12.2. The lowest BCUT2D eigenvalue weighted by Crippen LogP contribution is -2.45. The zero-order valence-corrected chi connectivity index (χ0v) is 13.9. The Balaban J connectivity index is 1.98. The zero-order valence-electron chi connectivity index (χ0n) is 13.1. The van der Waals surface area contributed by atoms with Gasteiger partial charge in [-0.25, -0.2) is 14.9 Å². The summed E-state index contributed by atoms with van der Waals surface area (Å²) in [6.45, 7) is 0. The summed E-state index contributed by atoms with van der Waals surface area (Å²) in [5, 5.41) is 7.15. The minimum atomic E-state index is -0.572. The summed E-state index contributed by atoms with van der Waals surface area (Å²) < 4.78 is 6.96. The number of hydrogen-bond donors (Lipinski definition) is 3. The monoisotopic (exact) mass is 359 g/mol. The first-order valence-electron chi connectivity index (χ1n) is 7.26. The van der Waals surface area contributed by atoms with Crippen LogP contribution in [-0.2, 0) is 0 Å². The van der Waals surface area contributed by atoms with Crippen LogP contribution < -0.4 is 16.2 Å². The third-order valence-electron chi connectivity index (χ3n) is 3.29. The first-order chi connectivity index (χ1) is 12.1. The van der Waals surface area contributed by atoms with E-state index < -0.39 is 11.9 Å². The number of carbonyl (C=O) groups is 2. The van der Waals surface area contributed by atoms with E-state index in [-0.39, 0.29) is 5.69 Å². The predicted molar refractivity (Wildman–Crippen MR) is 91.3 cm³/mol. The fraction of sp³-hybridized carbons (Fsp3) is 0.0625. The SMILES string of the molecule is CNC(=O)NNC(=O)c1cc(-c2ccco2)n(-c2cccc(Cl)c2)n1. The van der Waals surface area contributed by atoms with Crippen molar-refractivity contribution in [2.75, 3.05) is 7.05 Å². The summed E-state index contributed by atoms with van der Waals surface area (Å²) in [6.07, 6.45) is 1.53. The van der Waals surface area contributed by atoms with Crippen LogP contribution in [-0.4, -0.2) is 28.8 Å². The predicted octanol–water partition coefficient (Wildman–Crippen LogP) is 2.36. The number of carbonyl (C=O) groups excluding carboxylic acids is 2. The van der Waals surface area contributed by atoms with Crippen LogP contribution in [0.2, 0.25) is 5.02 Å². The van der Waals surface area contributed by atoms with Crippen molar-refractivity contribution < 1.29 is 14.0 Å². The van der Waals surface area contributed by atoms with Crippen molar-refractivity contribution in [1.29, 1.82) is 0 Å². The van der Waals surface area contributed by atoms with Crippen LogP contribution in [0.4, 0.5) is 4.79 Å². The Morgan fingerprint density at radius 2 is 2.00 bits per heavy atom. The van der Waals surface area contributed by atoms with Crippen molar-refractivity contribution in [2.24, 2.45) is 0 Å². The van der Waals surface area contributed by atoms with Crippen molar-refractivity contribution in [2.45, 2.75) is 0 Å². The van der Waals surface area contributed by atoms with Crippen molar-refractivity contribution >= 4 is 23.5 Å². The average Bonchev–Trinajstić information content (AvgIpc) is 3.28. The van der Waals surface area contributed by atoms with Crippen LogP contribution in [0, 0.1) is 0 Å². The van der Waals surface area contributed by atoms with Crippen LogP contribution in [0.3, 0.4) is 0 Å². The van der Waals surface area contributed by atoms with Crippen molar-refractivity contribution in [1.82, 2.24) is 25.9 Å². The summed E-state index contributed by atoms with van der Waals surface area (Å²) in [7, 11) is 1.43. The first kappa shape index (κ1) is 16.6. The number of hydrazine groups is 1. The molecule has 0 saturated heterocycles. The Kier molecular flexibility index (Phi) is 4.71. The maximum absolute atomic E-state index is 12.2. The van der Waals surface area contributed by atoms with Gasteiger partial charge < -0.3 is 9.73 Å². The number of aromatic nitrogens is 2. The third kappa shape index (κ3) is 3.64. The Morgan fingerprint density at radius 1 is 1.16 bits per heavy atom. The quantitative estimate of drug-likeness (QED) is 0.625. The van der Waals surface area contributed by atoms with E-state index in [9.17, 15) is 9.59 Å². The van der Waals surface area contributed by atoms with E-state index in [2.05, 4.69) is 21.3 Å². The fourth-order valence-electron chi connectivity index (χ4n) is 2.14. The highest BCUT2D eigenvalue weighted by Crippen LogP contribution is 2.25. The third-order valence-corrected chi connectivity index (χ3v) is 3.52. The number of hydrogen-bond acceptors (Lipinski definition) is 4. The number of rotatable bonds is 3. The van der Waals surface area contributed by atoms with Crippen LogP contribution in [0.15, 0.2) is 53.1 Å². The first-order valence-corrected chi connectivity index (χ1v) is 7.64. The van der Waals surface area contributed by atoms with Crippen molar-refractivity contribution in [3.8, 4) is 17.1 Å². The lowest BCUT2D eigenvalue weighted by molar-refractivity contribution is 0.0931. The van der Waals surface area contributed by atoms with Gasteiger partial charge in [0.05, 0.1) is 12.0 Å². The van der Waals surface area contributed by atoms with E-state index >= 15 is 0 Å². The second-order valence-electron chi connectivity index (χ2n) is 4.94. The van der Waals surface area contributed by atoms with E-state index in [1.807, 2.05) is 0 Å². The molecule has 0 aliphatic rings. The maximum Gasteiger partial charge on any atom is 0.333 e. The van der Waals surface area contributed by atoms with Crippen LogP contribution in [0.1, 0.15) is 10.5 Å². The number of benzene rings is 1. The molecule has 128 valence electrons. The van der Waals surface area contributed by atoms with Gasteiger partial charge in [-0.2, -0.15) is 5.10 Å². The summed E-state index contributed by atoms with van der Waals surface area (Å²) >= 11 is 6.04. The van der Waals surface area contributed by atoms with Gasteiger partial charge >= 0.3 is 6.03 Å². The highest BCUT2D eigenvalue weighted by Gasteiger charge is 2.18. The second kappa shape index (κ2) is 7.10. The molecule has 8 nitrogen and oxygen atoms in total. The minimum Gasteiger partial charge on any atom is -0.463 e. The van der Waals surface area contributed by atoms with Gasteiger partial charge in [0.25, 0.3) is 5.91 Å². The number of nitrogens with one attached hydrogen (secondary N) is 3. The molecule has 9 heteroatoms. The van der Waals surface area contributed by atoms with Crippen LogP contribution >= 0.6 is 11.6 Å². The molecular weight excluding hydrogens is 346 g/mol. The molecule has 3 rings (SSSR count). The Morgan fingerprint density at radius 3 is 2.68 bits per heavy atom. The largest absolute Gasteiger partial charge is 0.463 e. The van der Waals surface area contributed by atoms with Gasteiger partial charge in [-0.05, 0) is 30.3 Å². The molecule has 0 aliphatic carbocycles. The number of furan rings is 1. The fourth-order valence-corrected chi connectivity index (χ4v) is 2.32. The molecule has 3 aromatic rings. The van der Waals surface area contributed by atoms with Crippen molar-refractivity contribution in [3.05, 3.63) is 59.4 Å². The minimum absolute atomic E-state index is 0.0998. The number of nitrogens with zero attached hydrogens (tertiary/aromatic N) is 2. The van der Waals surface area contributed by atoms with Gasteiger partial charge in [0, 0.05) is 18.1 Å². The van der Waals surface area contributed by atoms with Crippen LogP contribution in [0.5, 0.6) is 0 Å². The molecule has 3 N–H and O–H groups in total. The summed E-state index contributed by atoms with van der Waals surface area (Å²) in [5.74, 6) is -0.0389. The standard InChI is InChI=1S/C16H14ClN5O3/c1-18-16(24)20-19-15(23)12-9-13(14-6-3-7-25-14)22(21-12)11-5-2-4-10(17)8-11/h2-9H,1H3,(H,19,23)(H2,18,20,24). The van der Waals surface area contributed by atoms with E-state index in [0.29, 0.717) is 22.2 Å². The smallest absolute Gasteiger partial charge is 0.333 e. The molecule has 0 fully saturated rings. The molecular formula is C16H14ClN5O3. The molecule has 0 saturated carbocycles. The molecule has 0 unspecified atom stereocenters. The Bertz CT molecular complexity index is 904. The topological polar surface area (TPSA) is 101 Å². The molecule has 3 amide bonds. The molecule has 0 atom stereocenters. The molecule has 25 heavy (non-hydrogen) atoms. The van der Waals surface area contributed by atoms with Gasteiger partial charge in [0.1, 0.15) is 5.69 Å². The van der Waals surface area contributed by atoms with E-state index in [0.717, 1.165) is 0 Å². The van der Waals surface area contributed by atoms with Gasteiger partial charge in [-0.1, -0.05) is 17.7 Å². The summed E-state index contributed by atoms with van der Waals surface area (Å²) in [6, 6.07) is 11.5. The number of halogens is 1. The second-order valence-corrected chi connectivity index (χ2v) is 5.38. The van der Waals surface area contributed by atoms with Gasteiger partial charge in [-0.3, -0.25) is 10.2 Å². The van der Waals surface area contributed by atoms with E-state index in [4.69, 9.17) is 16.0 Å². The Hall–Kier alpha value is -3.26. The molecule has 1 aromatic carbocycles. The Labute approximate surface area is 147 Å². The average molecular weight is 360 g/mol. The molecule has 0 spiro atoms. The highest BCUT2D eigenvalue weighted by atomic mass is 35.5. The highest BCUT2D eigenvalue weighted by molar-refractivity contribution is 6.30. The van der Waals surface area contributed by atoms with Gasteiger partial charge in [0.15, 0.2) is 11.5 Å². The molecule has 0 bridgehead atoms. The van der Waals surface area contributed by atoms with Gasteiger partial charge in [0.2, 0.25) is 0 Å². The molecule has 0 radical (unpaired) electrons. The zero-order chi connectivity index (χ0) is 17.8. The molecule has 0 aliphatic heterocycles. The van der Waals surface area contributed by atoms with Crippen molar-refractivity contribution in [3.63, 3.8) is 0 Å². The summed E-state index contributed by atoms with van der Waals surface area (Å²) in [4.78, 5) is 23.4. The van der Waals surface area contributed by atoms with Crippen LogP contribution in [0.25, 0.3) is 17.1 Å². The van der Waals surface area contributed by atoms with E-state index in [1.54, 1.807) is 47.1 Å². The molecule has 2 aromatic heterocycles.